The van der Waals surface area contributed by atoms with E-state index in [9.17, 15) is 9.59 Å². The number of para-hydroxylation sites is 1. The molecule has 1 aromatic heterocycles. The van der Waals surface area contributed by atoms with Crippen LogP contribution >= 0.6 is 0 Å². The maximum Gasteiger partial charge on any atom is 0.330 e. The summed E-state index contributed by atoms with van der Waals surface area (Å²) in [5, 5.41) is 6.83. The molecule has 6 heteroatoms. The highest BCUT2D eigenvalue weighted by molar-refractivity contribution is 6.07. The second-order valence-corrected chi connectivity index (χ2v) is 6.67. The minimum atomic E-state index is -0.823. The first-order valence-electron chi connectivity index (χ1n) is 9.31. The first-order chi connectivity index (χ1) is 13.6. The number of hydrogen-bond acceptors (Lipinski definition) is 4. The van der Waals surface area contributed by atoms with Gasteiger partial charge in [0, 0.05) is 10.9 Å². The highest BCUT2D eigenvalue weighted by Crippen LogP contribution is 2.25. The van der Waals surface area contributed by atoms with Crippen LogP contribution in [0.15, 0.2) is 65.8 Å². The van der Waals surface area contributed by atoms with Crippen molar-refractivity contribution in [2.75, 3.05) is 6.61 Å². The fraction of sp³-hybridized carbons (Fsp3) is 0.227. The van der Waals surface area contributed by atoms with E-state index in [1.165, 1.54) is 5.01 Å². The van der Waals surface area contributed by atoms with Gasteiger partial charge in [-0.1, -0.05) is 48.5 Å². The van der Waals surface area contributed by atoms with E-state index in [1.807, 2.05) is 65.2 Å². The molecule has 1 atom stereocenters. The molecule has 0 N–H and O–H groups in total. The molecular formula is C22H21N3O3. The lowest BCUT2D eigenvalue weighted by Gasteiger charge is -2.22. The summed E-state index contributed by atoms with van der Waals surface area (Å²) in [6, 6.07) is 18.6. The Morgan fingerprint density at radius 3 is 2.61 bits per heavy atom. The van der Waals surface area contributed by atoms with Crippen LogP contribution in [0.1, 0.15) is 29.9 Å². The largest absolute Gasteiger partial charge is 0.464 e. The van der Waals surface area contributed by atoms with Crippen LogP contribution in [0, 0.1) is 0 Å². The summed E-state index contributed by atoms with van der Waals surface area (Å²) in [4.78, 5) is 25.7. The molecule has 4 rings (SSSR count). The summed E-state index contributed by atoms with van der Waals surface area (Å²) >= 11 is 0. The Bertz CT molecular complexity index is 1070. The number of hydrogen-bond donors (Lipinski definition) is 0. The number of nitrogens with zero attached hydrogens (tertiary/aromatic N) is 3. The van der Waals surface area contributed by atoms with Gasteiger partial charge < -0.3 is 9.30 Å². The number of esters is 1. The fourth-order valence-electron chi connectivity index (χ4n) is 3.44. The quantitative estimate of drug-likeness (QED) is 0.656. The van der Waals surface area contributed by atoms with Gasteiger partial charge in [-0.25, -0.2) is 9.80 Å². The van der Waals surface area contributed by atoms with Gasteiger partial charge in [0.1, 0.15) is 5.69 Å². The molecule has 1 unspecified atom stereocenters. The number of amides is 1. The Balaban J connectivity index is 1.88. The Hall–Kier alpha value is -3.41. The molecule has 1 aliphatic heterocycles. The second-order valence-electron chi connectivity index (χ2n) is 6.67. The first-order valence-corrected chi connectivity index (χ1v) is 9.31. The normalized spacial score (nSPS) is 15.0. The van der Waals surface area contributed by atoms with Crippen LogP contribution in [0.4, 0.5) is 0 Å². The van der Waals surface area contributed by atoms with Gasteiger partial charge in [0.25, 0.3) is 5.91 Å². The van der Waals surface area contributed by atoms with Crippen molar-refractivity contribution in [2.24, 2.45) is 5.10 Å². The van der Waals surface area contributed by atoms with Gasteiger partial charge in [-0.3, -0.25) is 4.79 Å². The molecule has 28 heavy (non-hydrogen) atoms. The van der Waals surface area contributed by atoms with E-state index in [1.54, 1.807) is 13.8 Å². The van der Waals surface area contributed by atoms with Crippen molar-refractivity contribution < 1.29 is 14.3 Å². The van der Waals surface area contributed by atoms with E-state index < -0.39 is 12.0 Å². The van der Waals surface area contributed by atoms with Gasteiger partial charge in [-0.05, 0) is 31.5 Å². The van der Waals surface area contributed by atoms with Crippen molar-refractivity contribution in [3.8, 4) is 0 Å². The van der Waals surface area contributed by atoms with Crippen LogP contribution in [0.3, 0.4) is 0 Å². The van der Waals surface area contributed by atoms with E-state index in [0.29, 0.717) is 18.0 Å². The summed E-state index contributed by atoms with van der Waals surface area (Å²) in [5.41, 5.74) is 3.08. The lowest BCUT2D eigenvalue weighted by molar-refractivity contribution is -0.147. The number of aromatic nitrogens is 1. The van der Waals surface area contributed by atoms with Crippen molar-refractivity contribution in [1.29, 1.82) is 0 Å². The number of carbonyl (C=O) groups excluding carboxylic acids is 2. The van der Waals surface area contributed by atoms with Crippen LogP contribution in [0.2, 0.25) is 0 Å². The van der Waals surface area contributed by atoms with Crippen LogP contribution < -0.4 is 0 Å². The zero-order valence-electron chi connectivity index (χ0n) is 15.8. The number of benzene rings is 2. The van der Waals surface area contributed by atoms with Crippen molar-refractivity contribution in [1.82, 2.24) is 9.58 Å². The van der Waals surface area contributed by atoms with E-state index in [4.69, 9.17) is 4.74 Å². The van der Waals surface area contributed by atoms with Gasteiger partial charge in [-0.2, -0.15) is 5.10 Å². The molecule has 0 radical (unpaired) electrons. The molecule has 0 aliphatic carbocycles. The van der Waals surface area contributed by atoms with Crippen molar-refractivity contribution in [3.63, 3.8) is 0 Å². The molecule has 2 aromatic carbocycles. The summed E-state index contributed by atoms with van der Waals surface area (Å²) in [7, 11) is 0. The Morgan fingerprint density at radius 1 is 1.14 bits per heavy atom. The number of rotatable bonds is 4. The molecule has 142 valence electrons. The summed E-state index contributed by atoms with van der Waals surface area (Å²) < 4.78 is 7.08. The monoisotopic (exact) mass is 375 g/mol. The van der Waals surface area contributed by atoms with Gasteiger partial charge in [0.2, 0.25) is 0 Å². The molecule has 0 bridgehead atoms. The van der Waals surface area contributed by atoms with Crippen LogP contribution in [0.5, 0.6) is 0 Å². The van der Waals surface area contributed by atoms with Gasteiger partial charge in [0.15, 0.2) is 6.04 Å². The van der Waals surface area contributed by atoms with Gasteiger partial charge in [0.05, 0.1) is 18.9 Å². The van der Waals surface area contributed by atoms with Crippen LogP contribution in [-0.4, -0.2) is 39.8 Å². The standard InChI is InChI=1S/C22H21N3O3/c1-3-28-22(27)15(2)25-21(26)20-13-17-11-7-8-12-19(17)24(20)14-18(23-25)16-9-5-4-6-10-16/h4-13,15H,3,14H2,1-2H3. The van der Waals surface area contributed by atoms with Crippen LogP contribution in [0.25, 0.3) is 10.9 Å². The summed E-state index contributed by atoms with van der Waals surface area (Å²) in [6.07, 6.45) is 0. The second kappa shape index (κ2) is 7.31. The van der Waals surface area contributed by atoms with E-state index in [-0.39, 0.29) is 12.5 Å². The zero-order valence-corrected chi connectivity index (χ0v) is 15.8. The Labute approximate surface area is 163 Å². The lowest BCUT2D eigenvalue weighted by Crippen LogP contribution is -2.41. The average Bonchev–Trinajstić information content (AvgIpc) is 3.02. The Kier molecular flexibility index (Phi) is 4.69. The molecular weight excluding hydrogens is 354 g/mol. The maximum absolute atomic E-state index is 13.3. The molecule has 0 fully saturated rings. The predicted octanol–water partition coefficient (Wildman–Crippen LogP) is 3.45. The minimum absolute atomic E-state index is 0.251. The summed E-state index contributed by atoms with van der Waals surface area (Å²) in [6.45, 7) is 4.07. The van der Waals surface area contributed by atoms with Crippen molar-refractivity contribution in [2.45, 2.75) is 26.4 Å². The third-order valence-corrected chi connectivity index (χ3v) is 4.88. The van der Waals surface area contributed by atoms with E-state index in [0.717, 1.165) is 16.5 Å². The average molecular weight is 375 g/mol. The van der Waals surface area contributed by atoms with Crippen LogP contribution in [-0.2, 0) is 16.1 Å². The molecule has 2 heterocycles. The maximum atomic E-state index is 13.3. The molecule has 1 aliphatic rings. The molecule has 6 nitrogen and oxygen atoms in total. The van der Waals surface area contributed by atoms with E-state index >= 15 is 0 Å². The smallest absolute Gasteiger partial charge is 0.330 e. The number of fused-ring (bicyclic) bond motifs is 3. The third kappa shape index (κ3) is 3.07. The highest BCUT2D eigenvalue weighted by atomic mass is 16.5. The number of hydrazone groups is 1. The topological polar surface area (TPSA) is 63.9 Å². The molecule has 3 aromatic rings. The first kappa shape index (κ1) is 18.0. The minimum Gasteiger partial charge on any atom is -0.464 e. The van der Waals surface area contributed by atoms with Gasteiger partial charge >= 0.3 is 5.97 Å². The highest BCUT2D eigenvalue weighted by Gasteiger charge is 2.33. The predicted molar refractivity (Wildman–Crippen MR) is 107 cm³/mol. The molecule has 0 saturated carbocycles. The van der Waals surface area contributed by atoms with Crippen molar-refractivity contribution in [3.05, 3.63) is 71.9 Å². The number of ether oxygens (including phenoxy) is 1. The molecule has 1 amide bonds. The summed E-state index contributed by atoms with van der Waals surface area (Å²) in [5.74, 6) is -0.792. The SMILES string of the molecule is CCOC(=O)C(C)N1N=C(c2ccccc2)Cn2c(cc3ccccc32)C1=O. The van der Waals surface area contributed by atoms with Gasteiger partial charge in [-0.15, -0.1) is 0 Å². The fourth-order valence-corrected chi connectivity index (χ4v) is 3.44. The third-order valence-electron chi connectivity index (χ3n) is 4.88. The molecule has 0 saturated heterocycles. The van der Waals surface area contributed by atoms with E-state index in [2.05, 4.69) is 5.10 Å². The van der Waals surface area contributed by atoms with Crippen molar-refractivity contribution >= 4 is 28.5 Å². The number of carbonyl (C=O) groups is 2. The molecule has 0 spiro atoms. The lowest BCUT2D eigenvalue weighted by atomic mass is 10.1. The Morgan fingerprint density at radius 2 is 1.86 bits per heavy atom. The zero-order chi connectivity index (χ0) is 19.7.